The molecule has 0 radical (unpaired) electrons. The zero-order chi connectivity index (χ0) is 18.9. The molecule has 2 aromatic rings. The van der Waals surface area contributed by atoms with Crippen molar-refractivity contribution in [1.82, 2.24) is 9.80 Å². The summed E-state index contributed by atoms with van der Waals surface area (Å²) in [5, 5.41) is 0. The van der Waals surface area contributed by atoms with Crippen molar-refractivity contribution in [2.45, 2.75) is 25.3 Å². The average Bonchev–Trinajstić information content (AvgIpc) is 2.78. The molecular formula is C24H28N2O2. The lowest BCUT2D eigenvalue weighted by atomic mass is 9.79. The van der Waals surface area contributed by atoms with Crippen LogP contribution < -0.4 is 0 Å². The number of rotatable bonds is 3. The lowest BCUT2D eigenvalue weighted by Gasteiger charge is -2.44. The van der Waals surface area contributed by atoms with Crippen molar-refractivity contribution in [3.63, 3.8) is 0 Å². The first-order valence-electron chi connectivity index (χ1n) is 10.6. The van der Waals surface area contributed by atoms with Crippen molar-refractivity contribution >= 4 is 6.09 Å². The fourth-order valence-corrected chi connectivity index (χ4v) is 5.30. The first kappa shape index (κ1) is 17.7. The summed E-state index contributed by atoms with van der Waals surface area (Å²) in [6, 6.07) is 18.8. The quantitative estimate of drug-likeness (QED) is 0.808. The van der Waals surface area contributed by atoms with Crippen LogP contribution in [0.15, 0.2) is 54.6 Å². The molecule has 4 aliphatic heterocycles. The standard InChI is InChI=1S/C24H28N2O2/c27-24(28-17-21-16-25-13-10-18(21)11-14-25)26-15-12-19-6-4-5-9-22(19)23(26)20-7-2-1-3-8-20/h1-9,18,21,23H,10-17H2/t21?,23-/m1/s1. The maximum absolute atomic E-state index is 13.1. The Morgan fingerprint density at radius 2 is 1.71 bits per heavy atom. The molecule has 4 nitrogen and oxygen atoms in total. The van der Waals surface area contributed by atoms with Crippen molar-refractivity contribution in [3.8, 4) is 0 Å². The largest absolute Gasteiger partial charge is 0.449 e. The first-order chi connectivity index (χ1) is 13.8. The van der Waals surface area contributed by atoms with Gasteiger partial charge in [0.1, 0.15) is 0 Å². The molecule has 0 aliphatic carbocycles. The first-order valence-corrected chi connectivity index (χ1v) is 10.6. The Labute approximate surface area is 167 Å². The van der Waals surface area contributed by atoms with E-state index in [1.807, 2.05) is 23.1 Å². The summed E-state index contributed by atoms with van der Waals surface area (Å²) >= 11 is 0. The van der Waals surface area contributed by atoms with E-state index < -0.39 is 0 Å². The molecule has 4 aliphatic rings. The van der Waals surface area contributed by atoms with E-state index >= 15 is 0 Å². The second kappa shape index (κ2) is 7.59. The van der Waals surface area contributed by atoms with Crippen molar-refractivity contribution in [3.05, 3.63) is 71.3 Å². The van der Waals surface area contributed by atoms with Crippen LogP contribution >= 0.6 is 0 Å². The smallest absolute Gasteiger partial charge is 0.410 e. The predicted molar refractivity (Wildman–Crippen MR) is 109 cm³/mol. The zero-order valence-corrected chi connectivity index (χ0v) is 16.3. The molecule has 6 rings (SSSR count). The van der Waals surface area contributed by atoms with Crippen molar-refractivity contribution in [2.75, 3.05) is 32.8 Å². The molecule has 28 heavy (non-hydrogen) atoms. The Hall–Kier alpha value is -2.33. The van der Waals surface area contributed by atoms with Crippen LogP contribution in [0, 0.1) is 11.8 Å². The molecule has 0 aromatic heterocycles. The van der Waals surface area contributed by atoms with Gasteiger partial charge >= 0.3 is 6.09 Å². The van der Waals surface area contributed by atoms with Crippen LogP contribution in [0.1, 0.15) is 35.6 Å². The fraction of sp³-hybridized carbons (Fsp3) is 0.458. The second-order valence-corrected chi connectivity index (χ2v) is 8.43. The third-order valence-corrected chi connectivity index (χ3v) is 6.85. The normalized spacial score (nSPS) is 28.6. The Kier molecular flexibility index (Phi) is 4.81. The topological polar surface area (TPSA) is 32.8 Å². The maximum Gasteiger partial charge on any atom is 0.410 e. The Bertz CT molecular complexity index is 830. The van der Waals surface area contributed by atoms with E-state index in [4.69, 9.17) is 4.74 Å². The van der Waals surface area contributed by atoms with E-state index in [1.54, 1.807) is 0 Å². The van der Waals surface area contributed by atoms with E-state index in [2.05, 4.69) is 41.3 Å². The number of hydrogen-bond acceptors (Lipinski definition) is 3. The highest BCUT2D eigenvalue weighted by molar-refractivity contribution is 5.70. The third kappa shape index (κ3) is 3.30. The van der Waals surface area contributed by atoms with Gasteiger partial charge < -0.3 is 9.64 Å². The Balaban J connectivity index is 1.35. The summed E-state index contributed by atoms with van der Waals surface area (Å²) < 4.78 is 5.90. The van der Waals surface area contributed by atoms with Crippen LogP contribution in [0.2, 0.25) is 0 Å². The number of ether oxygens (including phenoxy) is 1. The van der Waals surface area contributed by atoms with Gasteiger partial charge in [-0.25, -0.2) is 4.79 Å². The van der Waals surface area contributed by atoms with E-state index in [0.29, 0.717) is 19.1 Å². The number of nitrogens with zero attached hydrogens (tertiary/aromatic N) is 2. The molecule has 4 heteroatoms. The monoisotopic (exact) mass is 376 g/mol. The number of carbonyl (C=O) groups excluding carboxylic acids is 1. The van der Waals surface area contributed by atoms with Crippen LogP contribution in [0.25, 0.3) is 0 Å². The second-order valence-electron chi connectivity index (χ2n) is 8.43. The van der Waals surface area contributed by atoms with Gasteiger partial charge in [-0.3, -0.25) is 4.90 Å². The van der Waals surface area contributed by atoms with Crippen LogP contribution in [-0.2, 0) is 11.2 Å². The fourth-order valence-electron chi connectivity index (χ4n) is 5.30. The third-order valence-electron chi connectivity index (χ3n) is 6.85. The lowest BCUT2D eigenvalue weighted by Crippen LogP contribution is -2.49. The van der Waals surface area contributed by atoms with Crippen LogP contribution in [0.4, 0.5) is 4.79 Å². The summed E-state index contributed by atoms with van der Waals surface area (Å²) in [7, 11) is 0. The van der Waals surface area contributed by atoms with E-state index in [0.717, 1.165) is 24.4 Å². The molecule has 0 N–H and O–H groups in total. The van der Waals surface area contributed by atoms with Gasteiger partial charge in [-0.05, 0) is 55.0 Å². The molecule has 0 spiro atoms. The maximum atomic E-state index is 13.1. The predicted octanol–water partition coefficient (Wildman–Crippen LogP) is 4.11. The van der Waals surface area contributed by atoms with Crippen LogP contribution in [0.3, 0.4) is 0 Å². The van der Waals surface area contributed by atoms with Crippen LogP contribution in [0.5, 0.6) is 0 Å². The Morgan fingerprint density at radius 1 is 0.964 bits per heavy atom. The lowest BCUT2D eigenvalue weighted by molar-refractivity contribution is 0.00242. The molecule has 2 bridgehead atoms. The molecule has 3 fully saturated rings. The minimum absolute atomic E-state index is 0.0646. The van der Waals surface area contributed by atoms with Gasteiger partial charge in [0.15, 0.2) is 0 Å². The number of piperidine rings is 3. The van der Waals surface area contributed by atoms with E-state index in [9.17, 15) is 4.79 Å². The van der Waals surface area contributed by atoms with Gasteiger partial charge in [0.2, 0.25) is 0 Å². The van der Waals surface area contributed by atoms with Crippen LogP contribution in [-0.4, -0.2) is 48.7 Å². The molecule has 3 saturated heterocycles. The highest BCUT2D eigenvalue weighted by atomic mass is 16.6. The van der Waals surface area contributed by atoms with Gasteiger partial charge in [-0.2, -0.15) is 0 Å². The molecule has 2 aromatic carbocycles. The van der Waals surface area contributed by atoms with Crippen molar-refractivity contribution < 1.29 is 9.53 Å². The molecule has 2 atom stereocenters. The highest BCUT2D eigenvalue weighted by Crippen LogP contribution is 2.36. The molecule has 4 heterocycles. The summed E-state index contributed by atoms with van der Waals surface area (Å²) in [4.78, 5) is 17.6. The van der Waals surface area contributed by atoms with E-state index in [-0.39, 0.29) is 12.1 Å². The van der Waals surface area contributed by atoms with Gasteiger partial charge in [0.25, 0.3) is 0 Å². The van der Waals surface area contributed by atoms with Gasteiger partial charge in [0.05, 0.1) is 12.6 Å². The molecule has 1 unspecified atom stereocenters. The molecule has 1 amide bonds. The van der Waals surface area contributed by atoms with Gasteiger partial charge in [-0.1, -0.05) is 54.6 Å². The summed E-state index contributed by atoms with van der Waals surface area (Å²) in [6.07, 6.45) is 3.23. The van der Waals surface area contributed by atoms with Crippen molar-refractivity contribution in [2.24, 2.45) is 11.8 Å². The average molecular weight is 377 g/mol. The number of fused-ring (bicyclic) bond motifs is 4. The van der Waals surface area contributed by atoms with E-state index in [1.165, 1.54) is 37.1 Å². The SMILES string of the molecule is O=C(OCC1CN2CCC1CC2)N1CCc2ccccc2[C@H]1c1ccccc1. The summed E-state index contributed by atoms with van der Waals surface area (Å²) in [5.41, 5.74) is 3.70. The van der Waals surface area contributed by atoms with Gasteiger partial charge in [0, 0.05) is 19.0 Å². The number of hydrogen-bond donors (Lipinski definition) is 0. The molecule has 0 saturated carbocycles. The van der Waals surface area contributed by atoms with Gasteiger partial charge in [-0.15, -0.1) is 0 Å². The number of benzene rings is 2. The minimum atomic E-state index is -0.167. The summed E-state index contributed by atoms with van der Waals surface area (Å²) in [6.45, 7) is 4.78. The zero-order valence-electron chi connectivity index (χ0n) is 16.3. The highest BCUT2D eigenvalue weighted by Gasteiger charge is 2.37. The molecular weight excluding hydrogens is 348 g/mol. The number of carbonyl (C=O) groups is 1. The molecule has 146 valence electrons. The Morgan fingerprint density at radius 3 is 2.46 bits per heavy atom. The number of amides is 1. The van der Waals surface area contributed by atoms with Crippen molar-refractivity contribution in [1.29, 1.82) is 0 Å². The minimum Gasteiger partial charge on any atom is -0.449 e. The summed E-state index contributed by atoms with van der Waals surface area (Å²) in [5.74, 6) is 1.23.